The summed E-state index contributed by atoms with van der Waals surface area (Å²) in [4.78, 5) is 20.0. The maximum Gasteiger partial charge on any atom is 0.262 e. The van der Waals surface area contributed by atoms with Crippen molar-refractivity contribution in [3.8, 4) is 0 Å². The van der Waals surface area contributed by atoms with Crippen LogP contribution >= 0.6 is 0 Å². The fourth-order valence-corrected chi connectivity index (χ4v) is 5.12. The Morgan fingerprint density at radius 3 is 2.70 bits per heavy atom. The Morgan fingerprint density at radius 1 is 1.22 bits per heavy atom. The fourth-order valence-electron chi connectivity index (χ4n) is 3.82. The topological polar surface area (TPSA) is 91.9 Å². The number of hydrogen-bond acceptors (Lipinski definition) is 4. The van der Waals surface area contributed by atoms with Crippen molar-refractivity contribution < 1.29 is 13.2 Å². The Hall–Kier alpha value is -2.67. The molecule has 27 heavy (non-hydrogen) atoms. The van der Waals surface area contributed by atoms with E-state index in [1.54, 1.807) is 37.4 Å². The Balaban J connectivity index is 1.82. The average molecular weight is 383 g/mol. The molecule has 2 aromatic heterocycles. The Labute approximate surface area is 158 Å². The number of sulfonamides is 1. The van der Waals surface area contributed by atoms with Gasteiger partial charge in [0.2, 0.25) is 0 Å². The van der Waals surface area contributed by atoms with Crippen molar-refractivity contribution in [3.05, 3.63) is 53.5 Å². The molecule has 6 nitrogen and oxygen atoms in total. The molecule has 0 saturated carbocycles. The van der Waals surface area contributed by atoms with Gasteiger partial charge in [-0.1, -0.05) is 13.8 Å². The number of benzene rings is 1. The first-order chi connectivity index (χ1) is 12.7. The van der Waals surface area contributed by atoms with E-state index in [4.69, 9.17) is 0 Å². The summed E-state index contributed by atoms with van der Waals surface area (Å²) in [7, 11) is -3.77. The summed E-state index contributed by atoms with van der Waals surface area (Å²) >= 11 is 0. The van der Waals surface area contributed by atoms with Gasteiger partial charge in [0.15, 0.2) is 5.78 Å². The van der Waals surface area contributed by atoms with Crippen molar-refractivity contribution in [3.63, 3.8) is 0 Å². The summed E-state index contributed by atoms with van der Waals surface area (Å²) in [5.41, 5.74) is 3.16. The first-order valence-corrected chi connectivity index (χ1v) is 10.3. The normalized spacial score (nSPS) is 16.3. The van der Waals surface area contributed by atoms with Crippen molar-refractivity contribution in [1.29, 1.82) is 0 Å². The van der Waals surface area contributed by atoms with E-state index in [2.05, 4.69) is 28.5 Å². The zero-order chi connectivity index (χ0) is 19.4. The fraction of sp³-hybridized carbons (Fsp3) is 0.300. The molecule has 1 aromatic carbocycles. The first kappa shape index (κ1) is 17.7. The van der Waals surface area contributed by atoms with Crippen LogP contribution in [0.2, 0.25) is 0 Å². The third-order valence-electron chi connectivity index (χ3n) is 4.95. The monoisotopic (exact) mass is 383 g/mol. The minimum atomic E-state index is -3.77. The second kappa shape index (κ2) is 5.92. The largest absolute Gasteiger partial charge is 0.358 e. The van der Waals surface area contributed by atoms with Gasteiger partial charge in [-0.05, 0) is 48.6 Å². The predicted octanol–water partition coefficient (Wildman–Crippen LogP) is 3.83. The molecule has 0 atom stereocenters. The van der Waals surface area contributed by atoms with Crippen LogP contribution in [0.25, 0.3) is 10.9 Å². The zero-order valence-corrected chi connectivity index (χ0v) is 16.3. The van der Waals surface area contributed by atoms with Gasteiger partial charge in [-0.15, -0.1) is 0 Å². The average Bonchev–Trinajstić information content (AvgIpc) is 2.90. The molecule has 1 aliphatic rings. The molecule has 7 heteroatoms. The number of anilines is 1. The van der Waals surface area contributed by atoms with E-state index in [-0.39, 0.29) is 16.1 Å². The summed E-state index contributed by atoms with van der Waals surface area (Å²) in [6, 6.07) is 6.72. The van der Waals surface area contributed by atoms with E-state index in [0.717, 1.165) is 17.5 Å². The van der Waals surface area contributed by atoms with Crippen LogP contribution in [0.5, 0.6) is 0 Å². The number of carbonyl (C=O) groups excluding carboxylic acids is 1. The number of hydrogen-bond donors (Lipinski definition) is 2. The molecule has 0 amide bonds. The molecular weight excluding hydrogens is 362 g/mol. The molecule has 0 bridgehead atoms. The second-order valence-electron chi connectivity index (χ2n) is 7.93. The van der Waals surface area contributed by atoms with Crippen molar-refractivity contribution in [2.24, 2.45) is 5.41 Å². The molecule has 0 fully saturated rings. The van der Waals surface area contributed by atoms with Gasteiger partial charge in [-0.2, -0.15) is 0 Å². The number of nitrogens with one attached hydrogen (secondary N) is 2. The smallest absolute Gasteiger partial charge is 0.262 e. The van der Waals surface area contributed by atoms with Gasteiger partial charge in [-0.3, -0.25) is 14.5 Å². The number of fused-ring (bicyclic) bond motifs is 3. The Kier molecular flexibility index (Phi) is 3.89. The lowest BCUT2D eigenvalue weighted by Crippen LogP contribution is -2.26. The van der Waals surface area contributed by atoms with Crippen LogP contribution in [0, 0.1) is 12.3 Å². The molecule has 4 rings (SSSR count). The lowest BCUT2D eigenvalue weighted by atomic mass is 9.76. The van der Waals surface area contributed by atoms with E-state index < -0.39 is 10.0 Å². The zero-order valence-electron chi connectivity index (χ0n) is 15.5. The lowest BCUT2D eigenvalue weighted by Gasteiger charge is -2.28. The van der Waals surface area contributed by atoms with E-state index in [0.29, 0.717) is 28.8 Å². The molecule has 2 heterocycles. The van der Waals surface area contributed by atoms with Crippen molar-refractivity contribution >= 4 is 32.4 Å². The Morgan fingerprint density at radius 2 is 2.00 bits per heavy atom. The number of Topliss-reactive ketones (excluding diaryl/α,β-unsaturated/α-hetero) is 1. The third-order valence-corrected chi connectivity index (χ3v) is 6.47. The lowest BCUT2D eigenvalue weighted by molar-refractivity contribution is 0.0913. The SMILES string of the molecule is Cc1cc2c3c([nH]c2cc1S(=O)(=O)Nc1cccnc1)CC(C)(C)CC3=O. The summed E-state index contributed by atoms with van der Waals surface area (Å²) in [6.45, 7) is 5.88. The number of rotatable bonds is 3. The molecule has 0 radical (unpaired) electrons. The van der Waals surface area contributed by atoms with Crippen LogP contribution in [-0.4, -0.2) is 24.2 Å². The van der Waals surface area contributed by atoms with Crippen molar-refractivity contribution in [2.45, 2.75) is 38.5 Å². The van der Waals surface area contributed by atoms with Crippen LogP contribution in [0.4, 0.5) is 5.69 Å². The highest BCUT2D eigenvalue weighted by Crippen LogP contribution is 2.39. The van der Waals surface area contributed by atoms with Crippen molar-refractivity contribution in [2.75, 3.05) is 4.72 Å². The highest BCUT2D eigenvalue weighted by Gasteiger charge is 2.34. The number of H-pyrrole nitrogens is 1. The maximum absolute atomic E-state index is 12.9. The standard InChI is InChI=1S/C20H21N3O3S/c1-12-7-14-15(22-16-9-20(2,3)10-17(24)19(14)16)8-18(12)27(25,26)23-13-5-4-6-21-11-13/h4-8,11,22-23H,9-10H2,1-3H3. The molecule has 0 aliphatic heterocycles. The first-order valence-electron chi connectivity index (χ1n) is 8.78. The number of ketones is 1. The number of aryl methyl sites for hydroxylation is 1. The number of aromatic nitrogens is 2. The molecule has 3 aromatic rings. The minimum Gasteiger partial charge on any atom is -0.358 e. The predicted molar refractivity (Wildman–Crippen MR) is 105 cm³/mol. The van der Waals surface area contributed by atoms with E-state index in [1.165, 1.54) is 6.20 Å². The number of carbonyl (C=O) groups is 1. The summed E-state index contributed by atoms with van der Waals surface area (Å²) in [6.07, 6.45) is 4.29. The highest BCUT2D eigenvalue weighted by atomic mass is 32.2. The molecule has 0 unspecified atom stereocenters. The van der Waals surface area contributed by atoms with Gasteiger partial charge in [0.25, 0.3) is 10.0 Å². The summed E-state index contributed by atoms with van der Waals surface area (Å²) in [5.74, 6) is 0.107. The van der Waals surface area contributed by atoms with Crippen LogP contribution in [0.15, 0.2) is 41.6 Å². The van der Waals surface area contributed by atoms with Crippen LogP contribution in [0.1, 0.15) is 41.9 Å². The van der Waals surface area contributed by atoms with Gasteiger partial charge in [0.05, 0.1) is 16.8 Å². The summed E-state index contributed by atoms with van der Waals surface area (Å²) in [5, 5.41) is 0.795. The molecule has 0 saturated heterocycles. The number of pyridine rings is 1. The van der Waals surface area contributed by atoms with Gasteiger partial charge in [0, 0.05) is 34.8 Å². The number of nitrogens with zero attached hydrogens (tertiary/aromatic N) is 1. The van der Waals surface area contributed by atoms with Crippen LogP contribution < -0.4 is 4.72 Å². The van der Waals surface area contributed by atoms with Crippen LogP contribution in [-0.2, 0) is 16.4 Å². The highest BCUT2D eigenvalue weighted by molar-refractivity contribution is 7.92. The molecule has 2 N–H and O–H groups in total. The maximum atomic E-state index is 12.9. The second-order valence-corrected chi connectivity index (χ2v) is 9.58. The minimum absolute atomic E-state index is 0.100. The van der Waals surface area contributed by atoms with E-state index >= 15 is 0 Å². The van der Waals surface area contributed by atoms with Gasteiger partial charge in [0.1, 0.15) is 0 Å². The van der Waals surface area contributed by atoms with Gasteiger partial charge in [-0.25, -0.2) is 8.42 Å². The van der Waals surface area contributed by atoms with Crippen molar-refractivity contribution in [1.82, 2.24) is 9.97 Å². The van der Waals surface area contributed by atoms with Gasteiger partial charge < -0.3 is 4.98 Å². The molecule has 140 valence electrons. The van der Waals surface area contributed by atoms with Gasteiger partial charge >= 0.3 is 0 Å². The van der Waals surface area contributed by atoms with Crippen LogP contribution in [0.3, 0.4) is 0 Å². The quantitative estimate of drug-likeness (QED) is 0.719. The summed E-state index contributed by atoms with van der Waals surface area (Å²) < 4.78 is 28.3. The molecule has 0 spiro atoms. The third kappa shape index (κ3) is 3.12. The number of aromatic amines is 1. The molecular formula is C20H21N3O3S. The molecule has 1 aliphatic carbocycles. The Bertz CT molecular complexity index is 1160. The van der Waals surface area contributed by atoms with E-state index in [9.17, 15) is 13.2 Å². The van der Waals surface area contributed by atoms with E-state index in [1.807, 2.05) is 0 Å².